The number of hydrogen-bond donors (Lipinski definition) is 2. The predicted octanol–water partition coefficient (Wildman–Crippen LogP) is 3.70. The number of piperidine rings is 1. The monoisotopic (exact) mass is 388 g/mol. The molecule has 1 heterocycles. The first-order valence-electron chi connectivity index (χ1n) is 7.87. The fraction of sp³-hybridized carbons (Fsp3) is 0.588. The fourth-order valence-corrected chi connectivity index (χ4v) is 3.38. The van der Waals surface area contributed by atoms with Crippen molar-refractivity contribution in [2.45, 2.75) is 51.6 Å². The average Bonchev–Trinajstić information content (AvgIpc) is 2.46. The Hall–Kier alpha value is -0.580. The van der Waals surface area contributed by atoms with Gasteiger partial charge in [-0.3, -0.25) is 4.79 Å². The highest BCUT2D eigenvalue weighted by molar-refractivity contribution is 9.10. The molecule has 1 fully saturated rings. The molecule has 3 unspecified atom stereocenters. The summed E-state index contributed by atoms with van der Waals surface area (Å²) in [6, 6.07) is 8.97. The van der Waals surface area contributed by atoms with Crippen molar-refractivity contribution in [2.24, 2.45) is 5.92 Å². The lowest BCUT2D eigenvalue weighted by Crippen LogP contribution is -2.48. The Morgan fingerprint density at radius 3 is 2.82 bits per heavy atom. The first-order valence-corrected chi connectivity index (χ1v) is 8.66. The van der Waals surface area contributed by atoms with Crippen LogP contribution < -0.4 is 10.6 Å². The molecule has 0 spiro atoms. The zero-order valence-corrected chi connectivity index (χ0v) is 15.7. The summed E-state index contributed by atoms with van der Waals surface area (Å²) in [5.41, 5.74) is 1.21. The van der Waals surface area contributed by atoms with E-state index in [1.54, 1.807) is 0 Å². The van der Waals surface area contributed by atoms with Crippen LogP contribution in [-0.2, 0) is 11.2 Å². The number of carbonyl (C=O) groups is 1. The van der Waals surface area contributed by atoms with Gasteiger partial charge in [0.15, 0.2) is 0 Å². The maximum Gasteiger partial charge on any atom is 0.223 e. The molecule has 0 aliphatic carbocycles. The second kappa shape index (κ2) is 9.53. The molecule has 124 valence electrons. The largest absolute Gasteiger partial charge is 0.353 e. The minimum absolute atomic E-state index is 0. The number of rotatable bonds is 5. The smallest absolute Gasteiger partial charge is 0.223 e. The van der Waals surface area contributed by atoms with Gasteiger partial charge in [0, 0.05) is 22.5 Å². The van der Waals surface area contributed by atoms with Gasteiger partial charge in [-0.15, -0.1) is 12.4 Å². The van der Waals surface area contributed by atoms with E-state index in [1.165, 1.54) is 5.56 Å². The van der Waals surface area contributed by atoms with Crippen molar-refractivity contribution in [3.8, 4) is 0 Å². The fourth-order valence-electron chi connectivity index (χ4n) is 2.93. The van der Waals surface area contributed by atoms with Gasteiger partial charge in [-0.2, -0.15) is 0 Å². The van der Waals surface area contributed by atoms with Crippen molar-refractivity contribution >= 4 is 34.2 Å². The highest BCUT2D eigenvalue weighted by Gasteiger charge is 2.24. The Bertz CT molecular complexity index is 483. The summed E-state index contributed by atoms with van der Waals surface area (Å²) in [5.74, 6) is 0.251. The zero-order chi connectivity index (χ0) is 15.2. The Morgan fingerprint density at radius 1 is 1.45 bits per heavy atom. The third kappa shape index (κ3) is 5.56. The molecule has 2 N–H and O–H groups in total. The van der Waals surface area contributed by atoms with E-state index >= 15 is 0 Å². The van der Waals surface area contributed by atoms with Gasteiger partial charge in [0.05, 0.1) is 0 Å². The third-order valence-corrected chi connectivity index (χ3v) is 5.03. The van der Waals surface area contributed by atoms with Crippen LogP contribution >= 0.6 is 28.3 Å². The molecular weight excluding hydrogens is 364 g/mol. The Labute approximate surface area is 148 Å². The standard InChI is InChI=1S/C17H25BrN2O.ClH/c1-3-13(11-14-6-4-5-7-16(14)18)17(21)20-15-8-9-19-12(2)10-15;/h4-7,12-13,15,19H,3,8-11H2,1-2H3,(H,20,21);1H. The van der Waals surface area contributed by atoms with Crippen molar-refractivity contribution < 1.29 is 4.79 Å². The Morgan fingerprint density at radius 2 is 2.18 bits per heavy atom. The normalized spacial score (nSPS) is 22.5. The summed E-state index contributed by atoms with van der Waals surface area (Å²) in [5, 5.41) is 6.66. The molecule has 1 saturated heterocycles. The number of halogens is 2. The number of nitrogens with one attached hydrogen (secondary N) is 2. The second-order valence-corrected chi connectivity index (χ2v) is 6.84. The van der Waals surface area contributed by atoms with E-state index in [-0.39, 0.29) is 24.2 Å². The van der Waals surface area contributed by atoms with E-state index < -0.39 is 0 Å². The summed E-state index contributed by atoms with van der Waals surface area (Å²) >= 11 is 3.57. The molecule has 1 amide bonds. The number of hydrogen-bond acceptors (Lipinski definition) is 2. The molecular formula is C17H26BrClN2O. The van der Waals surface area contributed by atoms with E-state index in [2.05, 4.69) is 46.5 Å². The van der Waals surface area contributed by atoms with Gasteiger partial charge >= 0.3 is 0 Å². The molecule has 1 aromatic carbocycles. The van der Waals surface area contributed by atoms with Crippen LogP contribution in [0.1, 0.15) is 38.7 Å². The minimum Gasteiger partial charge on any atom is -0.353 e. The summed E-state index contributed by atoms with van der Waals surface area (Å²) in [4.78, 5) is 12.5. The number of benzene rings is 1. The highest BCUT2D eigenvalue weighted by atomic mass is 79.9. The van der Waals surface area contributed by atoms with Gasteiger partial charge in [-0.05, 0) is 50.8 Å². The predicted molar refractivity (Wildman–Crippen MR) is 97.5 cm³/mol. The van der Waals surface area contributed by atoms with E-state index in [9.17, 15) is 4.79 Å². The van der Waals surface area contributed by atoms with Gasteiger partial charge in [0.25, 0.3) is 0 Å². The van der Waals surface area contributed by atoms with Crippen molar-refractivity contribution in [1.82, 2.24) is 10.6 Å². The first kappa shape index (κ1) is 19.5. The third-order valence-electron chi connectivity index (χ3n) is 4.26. The molecule has 3 nitrogen and oxygen atoms in total. The first-order chi connectivity index (χ1) is 10.1. The molecule has 1 aliphatic heterocycles. The van der Waals surface area contributed by atoms with Crippen molar-refractivity contribution in [2.75, 3.05) is 6.54 Å². The van der Waals surface area contributed by atoms with Crippen LogP contribution in [0, 0.1) is 5.92 Å². The second-order valence-electron chi connectivity index (χ2n) is 5.99. The van der Waals surface area contributed by atoms with Crippen LogP contribution in [-0.4, -0.2) is 24.5 Å². The zero-order valence-electron chi connectivity index (χ0n) is 13.3. The average molecular weight is 390 g/mol. The molecule has 1 aliphatic rings. The number of carbonyl (C=O) groups excluding carboxylic acids is 1. The molecule has 1 aromatic rings. The maximum atomic E-state index is 12.5. The minimum atomic E-state index is 0. The van der Waals surface area contributed by atoms with E-state index in [0.29, 0.717) is 12.1 Å². The molecule has 5 heteroatoms. The van der Waals surface area contributed by atoms with E-state index in [4.69, 9.17) is 0 Å². The lowest BCUT2D eigenvalue weighted by molar-refractivity contribution is -0.126. The molecule has 0 radical (unpaired) electrons. The van der Waals surface area contributed by atoms with Crippen LogP contribution in [0.25, 0.3) is 0 Å². The van der Waals surface area contributed by atoms with Crippen LogP contribution in [0.15, 0.2) is 28.7 Å². The maximum absolute atomic E-state index is 12.5. The van der Waals surface area contributed by atoms with Crippen LogP contribution in [0.2, 0.25) is 0 Å². The lowest BCUT2D eigenvalue weighted by Gasteiger charge is -2.30. The van der Waals surface area contributed by atoms with Gasteiger partial charge < -0.3 is 10.6 Å². The van der Waals surface area contributed by atoms with Crippen molar-refractivity contribution in [1.29, 1.82) is 0 Å². The lowest BCUT2D eigenvalue weighted by atomic mass is 9.94. The molecule has 22 heavy (non-hydrogen) atoms. The van der Waals surface area contributed by atoms with Crippen LogP contribution in [0.3, 0.4) is 0 Å². The highest BCUT2D eigenvalue weighted by Crippen LogP contribution is 2.21. The van der Waals surface area contributed by atoms with Gasteiger partial charge in [0.2, 0.25) is 5.91 Å². The van der Waals surface area contributed by atoms with E-state index in [0.717, 1.165) is 36.7 Å². The summed E-state index contributed by atoms with van der Waals surface area (Å²) < 4.78 is 1.09. The summed E-state index contributed by atoms with van der Waals surface area (Å²) in [6.07, 6.45) is 3.72. The topological polar surface area (TPSA) is 41.1 Å². The molecule has 2 rings (SSSR count). The van der Waals surface area contributed by atoms with Crippen molar-refractivity contribution in [3.63, 3.8) is 0 Å². The Kier molecular flexibility index (Phi) is 8.44. The quantitative estimate of drug-likeness (QED) is 0.806. The summed E-state index contributed by atoms with van der Waals surface area (Å²) in [7, 11) is 0. The number of amides is 1. The van der Waals surface area contributed by atoms with Crippen molar-refractivity contribution in [3.05, 3.63) is 34.3 Å². The van der Waals surface area contributed by atoms with Crippen LogP contribution in [0.4, 0.5) is 0 Å². The molecule has 0 saturated carbocycles. The van der Waals surface area contributed by atoms with Gasteiger partial charge in [-0.1, -0.05) is 41.1 Å². The summed E-state index contributed by atoms with van der Waals surface area (Å²) in [6.45, 7) is 5.26. The van der Waals surface area contributed by atoms with Gasteiger partial charge in [0.1, 0.15) is 0 Å². The molecule has 0 bridgehead atoms. The van der Waals surface area contributed by atoms with E-state index in [1.807, 2.05) is 18.2 Å². The molecule has 3 atom stereocenters. The SMILES string of the molecule is CCC(Cc1ccccc1Br)C(=O)NC1CCNC(C)C1.Cl. The Balaban J connectivity index is 0.00000242. The molecule has 0 aromatic heterocycles. The van der Waals surface area contributed by atoms with Gasteiger partial charge in [-0.25, -0.2) is 0 Å². The van der Waals surface area contributed by atoms with Crippen LogP contribution in [0.5, 0.6) is 0 Å².